The molecule has 0 bridgehead atoms. The minimum Gasteiger partial charge on any atom is -0.497 e. The van der Waals surface area contributed by atoms with Crippen molar-refractivity contribution in [3.05, 3.63) is 29.8 Å². The lowest BCUT2D eigenvalue weighted by Crippen LogP contribution is -2.12. The van der Waals surface area contributed by atoms with Gasteiger partial charge in [-0.1, -0.05) is 0 Å². The molecule has 4 nitrogen and oxygen atoms in total. The predicted molar refractivity (Wildman–Crippen MR) is 66.9 cm³/mol. The average Bonchev–Trinajstić information content (AvgIpc) is 2.92. The van der Waals surface area contributed by atoms with E-state index in [1.807, 2.05) is 0 Å². The fourth-order valence-corrected chi connectivity index (χ4v) is 1.97. The fraction of sp³-hybridized carbons (Fsp3) is 0.500. The maximum atomic E-state index is 11.7. The third-order valence-corrected chi connectivity index (χ3v) is 3.02. The van der Waals surface area contributed by atoms with Crippen LogP contribution in [0.5, 0.6) is 5.75 Å². The van der Waals surface area contributed by atoms with Crippen LogP contribution in [0, 0.1) is 0 Å². The van der Waals surface area contributed by atoms with E-state index in [-0.39, 0.29) is 12.1 Å². The molecule has 0 aliphatic carbocycles. The van der Waals surface area contributed by atoms with Crippen LogP contribution < -0.4 is 4.74 Å². The number of ether oxygens (including phenoxy) is 3. The summed E-state index contributed by atoms with van der Waals surface area (Å²) < 4.78 is 15.7. The molecular weight excluding hydrogens is 232 g/mol. The molecule has 0 unspecified atom stereocenters. The van der Waals surface area contributed by atoms with Crippen molar-refractivity contribution in [1.82, 2.24) is 0 Å². The summed E-state index contributed by atoms with van der Waals surface area (Å²) in [6, 6.07) is 6.90. The summed E-state index contributed by atoms with van der Waals surface area (Å²) in [5, 5.41) is 0. The number of benzene rings is 1. The van der Waals surface area contributed by atoms with Gasteiger partial charge in [-0.05, 0) is 37.1 Å². The Hall–Kier alpha value is -1.55. The quantitative estimate of drug-likeness (QED) is 0.753. The van der Waals surface area contributed by atoms with Crippen LogP contribution >= 0.6 is 0 Å². The van der Waals surface area contributed by atoms with Crippen molar-refractivity contribution >= 4 is 5.97 Å². The second-order valence-electron chi connectivity index (χ2n) is 4.29. The number of methoxy groups -OCH3 is 1. The van der Waals surface area contributed by atoms with E-state index in [1.54, 1.807) is 31.4 Å². The third kappa shape index (κ3) is 3.47. The van der Waals surface area contributed by atoms with Gasteiger partial charge in [-0.3, -0.25) is 0 Å². The Morgan fingerprint density at radius 3 is 2.78 bits per heavy atom. The van der Waals surface area contributed by atoms with E-state index >= 15 is 0 Å². The molecule has 2 rings (SSSR count). The maximum absolute atomic E-state index is 11.7. The largest absolute Gasteiger partial charge is 0.497 e. The van der Waals surface area contributed by atoms with E-state index in [9.17, 15) is 4.79 Å². The molecule has 0 amide bonds. The minimum absolute atomic E-state index is 0.258. The lowest BCUT2D eigenvalue weighted by atomic mass is 10.2. The Labute approximate surface area is 107 Å². The molecule has 1 atom stereocenters. The van der Waals surface area contributed by atoms with E-state index in [0.717, 1.165) is 31.6 Å². The monoisotopic (exact) mass is 250 g/mol. The second-order valence-corrected chi connectivity index (χ2v) is 4.29. The van der Waals surface area contributed by atoms with Crippen LogP contribution in [0.1, 0.15) is 29.6 Å². The van der Waals surface area contributed by atoms with Crippen molar-refractivity contribution in [1.29, 1.82) is 0 Å². The van der Waals surface area contributed by atoms with E-state index in [0.29, 0.717) is 12.2 Å². The third-order valence-electron chi connectivity index (χ3n) is 3.02. The van der Waals surface area contributed by atoms with Crippen LogP contribution in [-0.4, -0.2) is 32.4 Å². The van der Waals surface area contributed by atoms with Crippen LogP contribution in [0.2, 0.25) is 0 Å². The van der Waals surface area contributed by atoms with Gasteiger partial charge in [0.05, 0.1) is 25.4 Å². The highest BCUT2D eigenvalue weighted by Crippen LogP contribution is 2.16. The lowest BCUT2D eigenvalue weighted by Gasteiger charge is -2.09. The molecule has 1 heterocycles. The van der Waals surface area contributed by atoms with Crippen LogP contribution in [-0.2, 0) is 9.47 Å². The van der Waals surface area contributed by atoms with Gasteiger partial charge in [0.1, 0.15) is 5.75 Å². The van der Waals surface area contributed by atoms with Crippen molar-refractivity contribution in [2.24, 2.45) is 0 Å². The van der Waals surface area contributed by atoms with Gasteiger partial charge in [0.2, 0.25) is 0 Å². The molecule has 1 aromatic carbocycles. The average molecular weight is 250 g/mol. The Morgan fingerprint density at radius 2 is 2.17 bits per heavy atom. The van der Waals surface area contributed by atoms with E-state index in [2.05, 4.69) is 0 Å². The Bertz CT molecular complexity index is 379. The van der Waals surface area contributed by atoms with Gasteiger partial charge in [-0.15, -0.1) is 0 Å². The molecule has 18 heavy (non-hydrogen) atoms. The second kappa shape index (κ2) is 6.40. The van der Waals surface area contributed by atoms with E-state index in [1.165, 1.54) is 0 Å². The van der Waals surface area contributed by atoms with Crippen LogP contribution in [0.25, 0.3) is 0 Å². The summed E-state index contributed by atoms with van der Waals surface area (Å²) in [6.07, 6.45) is 3.22. The van der Waals surface area contributed by atoms with Gasteiger partial charge >= 0.3 is 5.97 Å². The Morgan fingerprint density at radius 1 is 1.39 bits per heavy atom. The zero-order valence-electron chi connectivity index (χ0n) is 10.6. The van der Waals surface area contributed by atoms with Gasteiger partial charge in [-0.25, -0.2) is 4.79 Å². The highest BCUT2D eigenvalue weighted by molar-refractivity contribution is 5.89. The molecule has 4 heteroatoms. The van der Waals surface area contributed by atoms with Gasteiger partial charge in [0.15, 0.2) is 0 Å². The first-order valence-electron chi connectivity index (χ1n) is 6.22. The van der Waals surface area contributed by atoms with Gasteiger partial charge in [0, 0.05) is 13.0 Å². The minimum atomic E-state index is -0.296. The first kappa shape index (κ1) is 12.9. The zero-order chi connectivity index (χ0) is 12.8. The molecule has 0 saturated carbocycles. The molecule has 0 radical (unpaired) electrons. The van der Waals surface area contributed by atoms with Gasteiger partial charge in [0.25, 0.3) is 0 Å². The Balaban J connectivity index is 1.76. The van der Waals surface area contributed by atoms with Gasteiger partial charge < -0.3 is 14.2 Å². The number of rotatable bonds is 5. The van der Waals surface area contributed by atoms with Crippen LogP contribution in [0.4, 0.5) is 0 Å². The topological polar surface area (TPSA) is 44.8 Å². The molecule has 1 aliphatic rings. The maximum Gasteiger partial charge on any atom is 0.338 e. The number of carbonyl (C=O) groups is 1. The van der Waals surface area contributed by atoms with Crippen molar-refractivity contribution in [2.75, 3.05) is 20.3 Å². The number of hydrogen-bond acceptors (Lipinski definition) is 4. The molecule has 1 fully saturated rings. The molecule has 0 aromatic heterocycles. The Kier molecular flexibility index (Phi) is 4.59. The summed E-state index contributed by atoms with van der Waals surface area (Å²) in [6.45, 7) is 1.24. The molecule has 1 aromatic rings. The molecule has 0 N–H and O–H groups in total. The lowest BCUT2D eigenvalue weighted by molar-refractivity contribution is 0.0386. The van der Waals surface area contributed by atoms with Crippen LogP contribution in [0.3, 0.4) is 0 Å². The van der Waals surface area contributed by atoms with E-state index < -0.39 is 0 Å². The first-order chi connectivity index (χ1) is 8.79. The van der Waals surface area contributed by atoms with Crippen molar-refractivity contribution in [3.8, 4) is 5.75 Å². The first-order valence-corrected chi connectivity index (χ1v) is 6.22. The smallest absolute Gasteiger partial charge is 0.338 e. The number of hydrogen-bond donors (Lipinski definition) is 0. The summed E-state index contributed by atoms with van der Waals surface area (Å²) >= 11 is 0. The van der Waals surface area contributed by atoms with Gasteiger partial charge in [-0.2, -0.15) is 0 Å². The molecule has 1 aliphatic heterocycles. The highest BCUT2D eigenvalue weighted by atomic mass is 16.5. The van der Waals surface area contributed by atoms with Crippen molar-refractivity contribution in [2.45, 2.75) is 25.4 Å². The summed E-state index contributed by atoms with van der Waals surface area (Å²) in [5.74, 6) is 0.432. The summed E-state index contributed by atoms with van der Waals surface area (Å²) in [7, 11) is 1.59. The summed E-state index contributed by atoms with van der Waals surface area (Å²) in [5.41, 5.74) is 0.545. The molecule has 98 valence electrons. The highest BCUT2D eigenvalue weighted by Gasteiger charge is 2.16. The van der Waals surface area contributed by atoms with Crippen LogP contribution in [0.15, 0.2) is 24.3 Å². The molecule has 1 saturated heterocycles. The van der Waals surface area contributed by atoms with Crippen molar-refractivity contribution < 1.29 is 19.0 Å². The number of esters is 1. The number of carbonyl (C=O) groups excluding carboxylic acids is 1. The van der Waals surface area contributed by atoms with E-state index in [4.69, 9.17) is 14.2 Å². The fourth-order valence-electron chi connectivity index (χ4n) is 1.97. The predicted octanol–water partition coefficient (Wildman–Crippen LogP) is 2.42. The standard InChI is InChI=1S/C14H18O4/c1-16-12-6-4-11(5-7-12)14(15)18-10-8-13-3-2-9-17-13/h4-7,13H,2-3,8-10H2,1H3/t13-/m0/s1. The summed E-state index contributed by atoms with van der Waals surface area (Å²) in [4.78, 5) is 11.7. The molecular formula is C14H18O4. The zero-order valence-corrected chi connectivity index (χ0v) is 10.6. The van der Waals surface area contributed by atoms with Crippen molar-refractivity contribution in [3.63, 3.8) is 0 Å². The SMILES string of the molecule is COc1ccc(C(=O)OCC[C@@H]2CCCO2)cc1. The normalized spacial score (nSPS) is 18.6. The molecule has 0 spiro atoms.